The molecule has 5 nitrogen and oxygen atoms in total. The number of hydrogen-bond donors (Lipinski definition) is 1. The van der Waals surface area contributed by atoms with Crippen molar-refractivity contribution in [2.75, 3.05) is 6.54 Å². The molecule has 0 fully saturated rings. The van der Waals surface area contributed by atoms with Crippen LogP contribution < -0.4 is 0 Å². The van der Waals surface area contributed by atoms with E-state index < -0.39 is 5.97 Å². The lowest BCUT2D eigenvalue weighted by atomic mass is 10.2. The van der Waals surface area contributed by atoms with E-state index in [1.54, 1.807) is 6.92 Å². The second-order valence-electron chi connectivity index (χ2n) is 3.83. The van der Waals surface area contributed by atoms with E-state index in [0.29, 0.717) is 31.4 Å². The van der Waals surface area contributed by atoms with Crippen LogP contribution >= 0.6 is 0 Å². The topological polar surface area (TPSA) is 74.7 Å². The van der Waals surface area contributed by atoms with Gasteiger partial charge in [0.05, 0.1) is 0 Å². The molecule has 0 saturated heterocycles. The lowest BCUT2D eigenvalue weighted by molar-refractivity contribution is -0.138. The number of carboxylic acid groups (broad SMARTS) is 1. The number of imide groups is 1. The van der Waals surface area contributed by atoms with Crippen LogP contribution in [0.15, 0.2) is 11.6 Å². The second-order valence-corrected chi connectivity index (χ2v) is 3.83. The first kappa shape index (κ1) is 12.4. The first-order valence-corrected chi connectivity index (χ1v) is 5.28. The number of carbonyl (C=O) groups is 3. The van der Waals surface area contributed by atoms with Gasteiger partial charge in [0, 0.05) is 24.6 Å². The second kappa shape index (κ2) is 5.44. The van der Waals surface area contributed by atoms with Crippen molar-refractivity contribution in [3.63, 3.8) is 0 Å². The zero-order valence-electron chi connectivity index (χ0n) is 9.23. The van der Waals surface area contributed by atoms with Gasteiger partial charge < -0.3 is 5.11 Å². The third-order valence-corrected chi connectivity index (χ3v) is 2.46. The Morgan fingerprint density at radius 3 is 2.50 bits per heavy atom. The number of aliphatic carboxylic acids is 1. The number of rotatable bonds is 6. The summed E-state index contributed by atoms with van der Waals surface area (Å²) in [5, 5.41) is 8.42. The van der Waals surface area contributed by atoms with Crippen molar-refractivity contribution in [2.24, 2.45) is 0 Å². The third kappa shape index (κ3) is 3.18. The Balaban J connectivity index is 2.22. The van der Waals surface area contributed by atoms with Crippen LogP contribution in [-0.2, 0) is 14.4 Å². The van der Waals surface area contributed by atoms with Crippen molar-refractivity contribution in [2.45, 2.75) is 32.6 Å². The van der Waals surface area contributed by atoms with Gasteiger partial charge in [0.2, 0.25) is 0 Å². The Morgan fingerprint density at radius 1 is 1.31 bits per heavy atom. The van der Waals surface area contributed by atoms with Crippen LogP contribution in [0.2, 0.25) is 0 Å². The highest BCUT2D eigenvalue weighted by molar-refractivity contribution is 6.15. The average Bonchev–Trinajstić information content (AvgIpc) is 2.43. The van der Waals surface area contributed by atoms with Gasteiger partial charge in [0.15, 0.2) is 0 Å². The van der Waals surface area contributed by atoms with E-state index in [0.717, 1.165) is 0 Å². The minimum absolute atomic E-state index is 0.138. The average molecular weight is 225 g/mol. The van der Waals surface area contributed by atoms with E-state index in [1.165, 1.54) is 11.0 Å². The summed E-state index contributed by atoms with van der Waals surface area (Å²) >= 11 is 0. The fourth-order valence-corrected chi connectivity index (χ4v) is 1.57. The van der Waals surface area contributed by atoms with Crippen LogP contribution in [0.5, 0.6) is 0 Å². The zero-order valence-corrected chi connectivity index (χ0v) is 9.23. The normalized spacial score (nSPS) is 15.6. The highest BCUT2D eigenvalue weighted by Crippen LogP contribution is 2.13. The maximum Gasteiger partial charge on any atom is 0.303 e. The molecule has 5 heteroatoms. The molecule has 0 spiro atoms. The first-order valence-electron chi connectivity index (χ1n) is 5.28. The van der Waals surface area contributed by atoms with E-state index >= 15 is 0 Å². The van der Waals surface area contributed by atoms with Gasteiger partial charge in [-0.25, -0.2) is 0 Å². The fourth-order valence-electron chi connectivity index (χ4n) is 1.57. The molecule has 1 heterocycles. The van der Waals surface area contributed by atoms with Crippen molar-refractivity contribution in [1.29, 1.82) is 0 Å². The highest BCUT2D eigenvalue weighted by Gasteiger charge is 2.27. The fraction of sp³-hybridized carbons (Fsp3) is 0.545. The largest absolute Gasteiger partial charge is 0.481 e. The van der Waals surface area contributed by atoms with Crippen molar-refractivity contribution in [1.82, 2.24) is 4.90 Å². The van der Waals surface area contributed by atoms with Gasteiger partial charge in [-0.3, -0.25) is 19.3 Å². The van der Waals surface area contributed by atoms with Gasteiger partial charge in [-0.2, -0.15) is 0 Å². The van der Waals surface area contributed by atoms with Crippen LogP contribution in [-0.4, -0.2) is 34.3 Å². The Kier molecular flexibility index (Phi) is 4.22. The molecule has 2 amide bonds. The van der Waals surface area contributed by atoms with Crippen LogP contribution in [0.3, 0.4) is 0 Å². The highest BCUT2D eigenvalue weighted by atomic mass is 16.4. The Morgan fingerprint density at radius 2 is 2.00 bits per heavy atom. The monoisotopic (exact) mass is 225 g/mol. The number of carbonyl (C=O) groups excluding carboxylic acids is 2. The molecule has 0 radical (unpaired) electrons. The number of amides is 2. The van der Waals surface area contributed by atoms with Gasteiger partial charge in [-0.1, -0.05) is 6.42 Å². The van der Waals surface area contributed by atoms with Crippen molar-refractivity contribution in [3.05, 3.63) is 11.6 Å². The summed E-state index contributed by atoms with van der Waals surface area (Å²) in [7, 11) is 0. The van der Waals surface area contributed by atoms with Crippen LogP contribution in [0.1, 0.15) is 32.6 Å². The molecule has 0 unspecified atom stereocenters. The molecule has 1 aliphatic heterocycles. The van der Waals surface area contributed by atoms with E-state index in [1.807, 2.05) is 0 Å². The third-order valence-electron chi connectivity index (χ3n) is 2.46. The molecule has 0 aromatic rings. The molecule has 88 valence electrons. The molecular weight excluding hydrogens is 210 g/mol. The molecule has 1 N–H and O–H groups in total. The Bertz CT molecular complexity index is 346. The van der Waals surface area contributed by atoms with Gasteiger partial charge in [0.25, 0.3) is 11.8 Å². The van der Waals surface area contributed by atoms with Crippen molar-refractivity contribution < 1.29 is 19.5 Å². The molecular formula is C11H15NO4. The van der Waals surface area contributed by atoms with E-state index in [2.05, 4.69) is 0 Å². The molecule has 0 aromatic carbocycles. The number of hydrogen-bond acceptors (Lipinski definition) is 3. The molecule has 0 saturated carbocycles. The Labute approximate surface area is 93.7 Å². The summed E-state index contributed by atoms with van der Waals surface area (Å²) in [5.74, 6) is -1.31. The van der Waals surface area contributed by atoms with E-state index in [9.17, 15) is 14.4 Å². The standard InChI is InChI=1S/C11H15NO4/c1-8-7-9(13)12(11(8)16)6-4-2-3-5-10(14)15/h7H,2-6H2,1H3,(H,14,15). The molecule has 0 bridgehead atoms. The zero-order chi connectivity index (χ0) is 12.1. The minimum Gasteiger partial charge on any atom is -0.481 e. The predicted octanol–water partition coefficient (Wildman–Crippen LogP) is 0.947. The summed E-state index contributed by atoms with van der Waals surface area (Å²) in [6.45, 7) is 2.00. The first-order chi connectivity index (χ1) is 7.52. The van der Waals surface area contributed by atoms with Crippen molar-refractivity contribution in [3.8, 4) is 0 Å². The molecule has 0 aromatic heterocycles. The molecule has 16 heavy (non-hydrogen) atoms. The molecule has 0 atom stereocenters. The summed E-state index contributed by atoms with van der Waals surface area (Å²) in [6.07, 6.45) is 3.42. The maximum absolute atomic E-state index is 11.4. The van der Waals surface area contributed by atoms with Gasteiger partial charge in [-0.15, -0.1) is 0 Å². The van der Waals surface area contributed by atoms with Crippen molar-refractivity contribution >= 4 is 17.8 Å². The summed E-state index contributed by atoms with van der Waals surface area (Å²) in [5.41, 5.74) is 0.468. The van der Waals surface area contributed by atoms with E-state index in [4.69, 9.17) is 5.11 Å². The van der Waals surface area contributed by atoms with Gasteiger partial charge in [0.1, 0.15) is 0 Å². The molecule has 1 aliphatic rings. The Hall–Kier alpha value is -1.65. The van der Waals surface area contributed by atoms with Gasteiger partial charge in [-0.05, 0) is 19.8 Å². The van der Waals surface area contributed by atoms with Gasteiger partial charge >= 0.3 is 5.97 Å². The SMILES string of the molecule is CC1=CC(=O)N(CCCCCC(=O)O)C1=O. The minimum atomic E-state index is -0.814. The number of nitrogens with zero attached hydrogens (tertiary/aromatic N) is 1. The van der Waals surface area contributed by atoms with E-state index in [-0.39, 0.29) is 18.2 Å². The summed E-state index contributed by atoms with van der Waals surface area (Å²) in [6, 6.07) is 0. The number of unbranched alkanes of at least 4 members (excludes halogenated alkanes) is 2. The lowest BCUT2D eigenvalue weighted by Crippen LogP contribution is -2.31. The molecule has 1 rings (SSSR count). The lowest BCUT2D eigenvalue weighted by Gasteiger charge is -2.13. The summed E-state index contributed by atoms with van der Waals surface area (Å²) in [4.78, 5) is 34.2. The smallest absolute Gasteiger partial charge is 0.303 e. The summed E-state index contributed by atoms with van der Waals surface area (Å²) < 4.78 is 0. The maximum atomic E-state index is 11.4. The van der Waals surface area contributed by atoms with Crippen LogP contribution in [0.25, 0.3) is 0 Å². The number of carboxylic acids is 1. The predicted molar refractivity (Wildman–Crippen MR) is 56.6 cm³/mol. The van der Waals surface area contributed by atoms with Crippen LogP contribution in [0.4, 0.5) is 0 Å². The van der Waals surface area contributed by atoms with Crippen LogP contribution in [0, 0.1) is 0 Å². The quantitative estimate of drug-likeness (QED) is 0.539. The molecule has 0 aliphatic carbocycles.